The average Bonchev–Trinajstić information content (AvgIpc) is 2.99. The quantitative estimate of drug-likeness (QED) is 0.361. The molecule has 6 nitrogen and oxygen atoms in total. The highest BCUT2D eigenvalue weighted by molar-refractivity contribution is 14.0. The van der Waals surface area contributed by atoms with Crippen LogP contribution in [-0.2, 0) is 13.1 Å². The third-order valence-corrected chi connectivity index (χ3v) is 4.55. The van der Waals surface area contributed by atoms with Gasteiger partial charge in [0, 0.05) is 51.7 Å². The maximum absolute atomic E-state index is 4.47. The van der Waals surface area contributed by atoms with Crippen LogP contribution in [-0.4, -0.2) is 53.1 Å². The number of halogens is 1. The van der Waals surface area contributed by atoms with Crippen molar-refractivity contribution in [1.29, 1.82) is 0 Å². The van der Waals surface area contributed by atoms with Gasteiger partial charge in [-0.05, 0) is 24.7 Å². The SMILES string of the molecule is CN=C(NCc1nccn1CC(C)C)NC1CCN(CC(C)C)CC1.I. The molecule has 150 valence electrons. The predicted octanol–water partition coefficient (Wildman–Crippen LogP) is 2.94. The number of hydrogen-bond donors (Lipinski definition) is 2. The summed E-state index contributed by atoms with van der Waals surface area (Å²) < 4.78 is 2.22. The van der Waals surface area contributed by atoms with E-state index in [2.05, 4.69) is 64.0 Å². The maximum atomic E-state index is 4.47. The first kappa shape index (κ1) is 23.2. The fraction of sp³-hybridized carbons (Fsp3) is 0.789. The summed E-state index contributed by atoms with van der Waals surface area (Å²) in [5, 5.41) is 7.00. The number of guanidine groups is 1. The first-order valence-electron chi connectivity index (χ1n) is 9.67. The standard InChI is InChI=1S/C19H36N6.HI/c1-15(2)13-24-9-6-17(7-10-24)23-19(20-5)22-12-18-21-8-11-25(18)14-16(3)4;/h8,11,15-17H,6-7,9-10,12-14H2,1-5H3,(H2,20,22,23);1H. The summed E-state index contributed by atoms with van der Waals surface area (Å²) in [7, 11) is 1.84. The number of aliphatic imine (C=N–C) groups is 1. The fourth-order valence-corrected chi connectivity index (χ4v) is 3.39. The Labute approximate surface area is 176 Å². The summed E-state index contributed by atoms with van der Waals surface area (Å²) in [5.41, 5.74) is 0. The van der Waals surface area contributed by atoms with Crippen molar-refractivity contribution in [3.63, 3.8) is 0 Å². The first-order valence-corrected chi connectivity index (χ1v) is 9.67. The molecule has 0 saturated carbocycles. The highest BCUT2D eigenvalue weighted by Gasteiger charge is 2.20. The predicted molar refractivity (Wildman–Crippen MR) is 120 cm³/mol. The van der Waals surface area contributed by atoms with Gasteiger partial charge in [0.05, 0.1) is 6.54 Å². The molecule has 0 atom stereocenters. The van der Waals surface area contributed by atoms with Crippen molar-refractivity contribution in [3.8, 4) is 0 Å². The highest BCUT2D eigenvalue weighted by Crippen LogP contribution is 2.12. The lowest BCUT2D eigenvalue weighted by Gasteiger charge is -2.33. The van der Waals surface area contributed by atoms with E-state index in [9.17, 15) is 0 Å². The minimum absolute atomic E-state index is 0. The van der Waals surface area contributed by atoms with Crippen LogP contribution in [0.4, 0.5) is 0 Å². The van der Waals surface area contributed by atoms with E-state index in [0.29, 0.717) is 18.5 Å². The van der Waals surface area contributed by atoms with Crippen molar-refractivity contribution in [2.24, 2.45) is 16.8 Å². The van der Waals surface area contributed by atoms with Crippen LogP contribution in [0.2, 0.25) is 0 Å². The number of likely N-dealkylation sites (tertiary alicyclic amines) is 1. The zero-order valence-electron chi connectivity index (χ0n) is 17.0. The third kappa shape index (κ3) is 7.82. The molecule has 1 saturated heterocycles. The van der Waals surface area contributed by atoms with Gasteiger partial charge in [-0.15, -0.1) is 24.0 Å². The van der Waals surface area contributed by atoms with Crippen molar-refractivity contribution in [2.75, 3.05) is 26.7 Å². The second kappa shape index (κ2) is 11.8. The van der Waals surface area contributed by atoms with Crippen LogP contribution >= 0.6 is 24.0 Å². The summed E-state index contributed by atoms with van der Waals surface area (Å²) in [6, 6.07) is 0.505. The van der Waals surface area contributed by atoms with E-state index in [1.807, 2.05) is 13.2 Å². The molecule has 26 heavy (non-hydrogen) atoms. The second-order valence-corrected chi connectivity index (χ2v) is 7.93. The van der Waals surface area contributed by atoms with Crippen LogP contribution < -0.4 is 10.6 Å². The zero-order valence-corrected chi connectivity index (χ0v) is 19.4. The molecule has 1 aliphatic rings. The minimum atomic E-state index is 0. The number of imidazole rings is 1. The van der Waals surface area contributed by atoms with Gasteiger partial charge < -0.3 is 20.1 Å². The molecule has 0 bridgehead atoms. The molecule has 0 radical (unpaired) electrons. The minimum Gasteiger partial charge on any atom is -0.354 e. The van der Waals surface area contributed by atoms with E-state index < -0.39 is 0 Å². The molecule has 1 aliphatic heterocycles. The molecule has 0 spiro atoms. The molecular weight excluding hydrogens is 439 g/mol. The lowest BCUT2D eigenvalue weighted by atomic mass is 10.0. The van der Waals surface area contributed by atoms with Crippen molar-refractivity contribution in [2.45, 2.75) is 59.7 Å². The van der Waals surface area contributed by atoms with E-state index >= 15 is 0 Å². The van der Waals surface area contributed by atoms with Gasteiger partial charge >= 0.3 is 0 Å². The molecule has 0 aromatic carbocycles. The van der Waals surface area contributed by atoms with Gasteiger partial charge in [0.1, 0.15) is 5.82 Å². The molecule has 7 heteroatoms. The smallest absolute Gasteiger partial charge is 0.191 e. The fourth-order valence-electron chi connectivity index (χ4n) is 3.39. The van der Waals surface area contributed by atoms with E-state index in [0.717, 1.165) is 24.2 Å². The zero-order chi connectivity index (χ0) is 18.2. The number of rotatable bonds is 7. The lowest BCUT2D eigenvalue weighted by Crippen LogP contribution is -2.49. The molecule has 2 N–H and O–H groups in total. The van der Waals surface area contributed by atoms with Crippen LogP contribution in [0.25, 0.3) is 0 Å². The van der Waals surface area contributed by atoms with Gasteiger partial charge in [-0.25, -0.2) is 4.98 Å². The summed E-state index contributed by atoms with van der Waals surface area (Å²) in [6.07, 6.45) is 6.28. The Morgan fingerprint density at radius 3 is 2.42 bits per heavy atom. The van der Waals surface area contributed by atoms with Crippen LogP contribution in [0.3, 0.4) is 0 Å². The monoisotopic (exact) mass is 476 g/mol. The van der Waals surface area contributed by atoms with E-state index in [4.69, 9.17) is 0 Å². The molecule has 1 fully saturated rings. The Kier molecular flexibility index (Phi) is 10.5. The average molecular weight is 476 g/mol. The van der Waals surface area contributed by atoms with Crippen LogP contribution in [0.1, 0.15) is 46.4 Å². The second-order valence-electron chi connectivity index (χ2n) is 7.93. The Bertz CT molecular complexity index is 532. The normalized spacial score (nSPS) is 16.8. The number of aromatic nitrogens is 2. The van der Waals surface area contributed by atoms with Crippen LogP contribution in [0.5, 0.6) is 0 Å². The molecule has 2 heterocycles. The molecule has 1 aromatic rings. The van der Waals surface area contributed by atoms with E-state index in [1.165, 1.54) is 32.5 Å². The van der Waals surface area contributed by atoms with Gasteiger partial charge in [0.15, 0.2) is 5.96 Å². The third-order valence-electron chi connectivity index (χ3n) is 4.55. The molecular formula is C19H37IN6. The van der Waals surface area contributed by atoms with E-state index in [-0.39, 0.29) is 24.0 Å². The lowest BCUT2D eigenvalue weighted by molar-refractivity contribution is 0.187. The molecule has 1 aromatic heterocycles. The van der Waals surface area contributed by atoms with Gasteiger partial charge in [-0.2, -0.15) is 0 Å². The van der Waals surface area contributed by atoms with Crippen molar-refractivity contribution >= 4 is 29.9 Å². The van der Waals surface area contributed by atoms with Crippen LogP contribution in [0.15, 0.2) is 17.4 Å². The maximum Gasteiger partial charge on any atom is 0.191 e. The summed E-state index contributed by atoms with van der Waals surface area (Å²) >= 11 is 0. The number of piperidine rings is 1. The van der Waals surface area contributed by atoms with Gasteiger partial charge in [0.2, 0.25) is 0 Å². The molecule has 0 aliphatic carbocycles. The molecule has 0 unspecified atom stereocenters. The number of nitrogens with zero attached hydrogens (tertiary/aromatic N) is 4. The van der Waals surface area contributed by atoms with Gasteiger partial charge in [-0.3, -0.25) is 4.99 Å². The Morgan fingerprint density at radius 1 is 1.19 bits per heavy atom. The molecule has 0 amide bonds. The van der Waals surface area contributed by atoms with Crippen molar-refractivity contribution in [1.82, 2.24) is 25.1 Å². The number of nitrogens with one attached hydrogen (secondary N) is 2. The van der Waals surface area contributed by atoms with Crippen molar-refractivity contribution in [3.05, 3.63) is 18.2 Å². The highest BCUT2D eigenvalue weighted by atomic mass is 127. The summed E-state index contributed by atoms with van der Waals surface area (Å²) in [5.74, 6) is 3.29. The summed E-state index contributed by atoms with van der Waals surface area (Å²) in [4.78, 5) is 11.4. The first-order chi connectivity index (χ1) is 12.0. The number of hydrogen-bond acceptors (Lipinski definition) is 3. The Morgan fingerprint density at radius 2 is 1.85 bits per heavy atom. The largest absolute Gasteiger partial charge is 0.354 e. The Balaban J connectivity index is 0.00000338. The van der Waals surface area contributed by atoms with Gasteiger partial charge in [0.25, 0.3) is 0 Å². The van der Waals surface area contributed by atoms with Crippen LogP contribution in [0, 0.1) is 11.8 Å². The summed E-state index contributed by atoms with van der Waals surface area (Å²) in [6.45, 7) is 14.3. The Hall–Kier alpha value is -0.830. The topological polar surface area (TPSA) is 57.5 Å². The molecule has 2 rings (SSSR count). The van der Waals surface area contributed by atoms with Gasteiger partial charge in [-0.1, -0.05) is 27.7 Å². The van der Waals surface area contributed by atoms with E-state index in [1.54, 1.807) is 0 Å². The van der Waals surface area contributed by atoms with Crippen molar-refractivity contribution < 1.29 is 0 Å².